The Labute approximate surface area is 136 Å². The highest BCUT2D eigenvalue weighted by Crippen LogP contribution is 2.35. The summed E-state index contributed by atoms with van der Waals surface area (Å²) in [5.74, 6) is -0.377. The van der Waals surface area contributed by atoms with Gasteiger partial charge in [0, 0.05) is 19.0 Å². The van der Waals surface area contributed by atoms with Gasteiger partial charge in [-0.3, -0.25) is 9.59 Å². The lowest BCUT2D eigenvalue weighted by Gasteiger charge is -2.30. The first-order valence-electron chi connectivity index (χ1n) is 7.70. The summed E-state index contributed by atoms with van der Waals surface area (Å²) < 4.78 is 10.5. The zero-order valence-electron chi connectivity index (χ0n) is 13.7. The van der Waals surface area contributed by atoms with Crippen LogP contribution in [0.4, 0.5) is 5.69 Å². The summed E-state index contributed by atoms with van der Waals surface area (Å²) in [7, 11) is 4.80. The minimum absolute atomic E-state index is 0.0700. The molecule has 6 nitrogen and oxygen atoms in total. The number of benzene rings is 1. The normalized spacial score (nSPS) is 20.7. The fraction of sp³-hybridized carbons (Fsp3) is 0.529. The zero-order valence-corrected chi connectivity index (χ0v) is 13.7. The number of nitrogens with zero attached hydrogens (tertiary/aromatic N) is 1. The number of carboxylic acid groups (broad SMARTS) is 1. The van der Waals surface area contributed by atoms with E-state index < -0.39 is 11.9 Å². The van der Waals surface area contributed by atoms with Gasteiger partial charge in [-0.25, -0.2) is 0 Å². The van der Waals surface area contributed by atoms with E-state index in [9.17, 15) is 14.7 Å². The summed E-state index contributed by atoms with van der Waals surface area (Å²) in [4.78, 5) is 25.5. The molecule has 1 aliphatic rings. The third-order valence-electron chi connectivity index (χ3n) is 4.45. The molecule has 1 aromatic rings. The number of anilines is 1. The van der Waals surface area contributed by atoms with Gasteiger partial charge in [0.15, 0.2) is 0 Å². The number of ether oxygens (including phenoxy) is 2. The summed E-state index contributed by atoms with van der Waals surface area (Å²) in [6.45, 7) is 0. The molecule has 1 fully saturated rings. The molecule has 1 aliphatic carbocycles. The van der Waals surface area contributed by atoms with Crippen molar-refractivity contribution in [2.75, 3.05) is 26.2 Å². The van der Waals surface area contributed by atoms with Gasteiger partial charge in [0.1, 0.15) is 11.5 Å². The van der Waals surface area contributed by atoms with Gasteiger partial charge in [0.25, 0.3) is 0 Å². The van der Waals surface area contributed by atoms with E-state index in [0.717, 1.165) is 12.8 Å². The van der Waals surface area contributed by atoms with E-state index in [1.54, 1.807) is 37.3 Å². The van der Waals surface area contributed by atoms with Crippen LogP contribution < -0.4 is 14.4 Å². The molecule has 0 aromatic heterocycles. The lowest BCUT2D eigenvalue weighted by Crippen LogP contribution is -2.37. The molecule has 0 saturated heterocycles. The molecule has 2 atom stereocenters. The molecule has 23 heavy (non-hydrogen) atoms. The largest absolute Gasteiger partial charge is 0.497 e. The second kappa shape index (κ2) is 7.35. The van der Waals surface area contributed by atoms with Crippen LogP contribution >= 0.6 is 0 Å². The molecule has 126 valence electrons. The predicted octanol–water partition coefficient (Wildman–Crippen LogP) is 2.56. The first-order valence-corrected chi connectivity index (χ1v) is 7.70. The third kappa shape index (κ3) is 3.75. The third-order valence-corrected chi connectivity index (χ3v) is 4.45. The van der Waals surface area contributed by atoms with Gasteiger partial charge in [-0.1, -0.05) is 6.42 Å². The number of methoxy groups -OCH3 is 2. The quantitative estimate of drug-likeness (QED) is 0.902. The van der Waals surface area contributed by atoms with Crippen LogP contribution in [0.25, 0.3) is 0 Å². The Morgan fingerprint density at radius 3 is 2.48 bits per heavy atom. The van der Waals surface area contributed by atoms with Crippen molar-refractivity contribution in [1.29, 1.82) is 0 Å². The molecule has 0 bridgehead atoms. The van der Waals surface area contributed by atoms with Gasteiger partial charge < -0.3 is 19.5 Å². The van der Waals surface area contributed by atoms with Crippen molar-refractivity contribution in [3.63, 3.8) is 0 Å². The smallest absolute Gasteiger partial charge is 0.306 e. The molecule has 1 saturated carbocycles. The molecule has 6 heteroatoms. The van der Waals surface area contributed by atoms with Gasteiger partial charge in [-0.15, -0.1) is 0 Å². The van der Waals surface area contributed by atoms with Gasteiger partial charge in [-0.05, 0) is 31.4 Å². The maximum absolute atomic E-state index is 12.7. The zero-order chi connectivity index (χ0) is 17.0. The molecule has 0 heterocycles. The molecule has 0 spiro atoms. The Kier molecular flexibility index (Phi) is 5.47. The number of aliphatic carboxylic acids is 1. The van der Waals surface area contributed by atoms with E-state index in [0.29, 0.717) is 30.0 Å². The summed E-state index contributed by atoms with van der Waals surface area (Å²) in [6.07, 6.45) is 2.54. The van der Waals surface area contributed by atoms with Crippen LogP contribution in [0.5, 0.6) is 11.5 Å². The molecule has 1 aromatic carbocycles. The van der Waals surface area contributed by atoms with Crippen molar-refractivity contribution in [3.8, 4) is 11.5 Å². The lowest BCUT2D eigenvalue weighted by molar-refractivity contribution is -0.143. The van der Waals surface area contributed by atoms with Crippen molar-refractivity contribution in [3.05, 3.63) is 18.2 Å². The second-order valence-electron chi connectivity index (χ2n) is 5.83. The Morgan fingerprint density at radius 1 is 1.17 bits per heavy atom. The van der Waals surface area contributed by atoms with Crippen molar-refractivity contribution in [2.45, 2.75) is 25.7 Å². The first kappa shape index (κ1) is 17.1. The van der Waals surface area contributed by atoms with Crippen molar-refractivity contribution in [1.82, 2.24) is 0 Å². The number of hydrogen-bond acceptors (Lipinski definition) is 4. The van der Waals surface area contributed by atoms with Crippen molar-refractivity contribution >= 4 is 17.6 Å². The summed E-state index contributed by atoms with van der Waals surface area (Å²) >= 11 is 0. The first-order chi connectivity index (χ1) is 11.0. The minimum atomic E-state index is -0.813. The number of carbonyl (C=O) groups excluding carboxylic acids is 1. The van der Waals surface area contributed by atoms with Crippen molar-refractivity contribution < 1.29 is 24.2 Å². The molecule has 0 aliphatic heterocycles. The standard InChI is InChI=1S/C17H23NO5/c1-18(14-8-7-13(22-2)10-15(14)23-3)16(19)11-5-4-6-12(9-11)17(20)21/h7-8,10-12H,4-6,9H2,1-3H3,(H,20,21). The maximum atomic E-state index is 12.7. The van der Waals surface area contributed by atoms with Gasteiger partial charge in [-0.2, -0.15) is 0 Å². The maximum Gasteiger partial charge on any atom is 0.306 e. The summed E-state index contributed by atoms with van der Waals surface area (Å²) in [5.41, 5.74) is 0.649. The highest BCUT2D eigenvalue weighted by atomic mass is 16.5. The van der Waals surface area contributed by atoms with Gasteiger partial charge in [0.05, 0.1) is 25.8 Å². The summed E-state index contributed by atoms with van der Waals surface area (Å²) in [6, 6.07) is 5.26. The molecular formula is C17H23NO5. The van der Waals surface area contributed by atoms with E-state index >= 15 is 0 Å². The SMILES string of the molecule is COc1ccc(N(C)C(=O)C2CCCC(C(=O)O)C2)c(OC)c1. The lowest BCUT2D eigenvalue weighted by atomic mass is 9.80. The molecule has 0 radical (unpaired) electrons. The predicted molar refractivity (Wildman–Crippen MR) is 86.0 cm³/mol. The van der Waals surface area contributed by atoms with E-state index in [1.807, 2.05) is 0 Å². The van der Waals surface area contributed by atoms with Gasteiger partial charge in [0.2, 0.25) is 5.91 Å². The highest BCUT2D eigenvalue weighted by molar-refractivity contribution is 5.96. The molecule has 2 unspecified atom stereocenters. The van der Waals surface area contributed by atoms with E-state index in [2.05, 4.69) is 0 Å². The molecule has 1 N–H and O–H groups in total. The Morgan fingerprint density at radius 2 is 1.87 bits per heavy atom. The number of rotatable bonds is 5. The molecule has 1 amide bonds. The van der Waals surface area contributed by atoms with E-state index in [4.69, 9.17) is 9.47 Å². The van der Waals surface area contributed by atoms with Crippen molar-refractivity contribution in [2.24, 2.45) is 11.8 Å². The Balaban J connectivity index is 2.17. The fourth-order valence-corrected chi connectivity index (χ4v) is 3.09. The average Bonchev–Trinajstić information content (AvgIpc) is 2.59. The topological polar surface area (TPSA) is 76.1 Å². The number of amides is 1. The number of carbonyl (C=O) groups is 2. The van der Waals surface area contributed by atoms with Crippen LogP contribution in [0, 0.1) is 11.8 Å². The Hall–Kier alpha value is -2.24. The number of carboxylic acids is 1. The second-order valence-corrected chi connectivity index (χ2v) is 5.83. The summed E-state index contributed by atoms with van der Waals surface area (Å²) in [5, 5.41) is 9.17. The Bertz CT molecular complexity index is 586. The average molecular weight is 321 g/mol. The molecular weight excluding hydrogens is 298 g/mol. The minimum Gasteiger partial charge on any atom is -0.497 e. The fourth-order valence-electron chi connectivity index (χ4n) is 3.09. The monoisotopic (exact) mass is 321 g/mol. The number of hydrogen-bond donors (Lipinski definition) is 1. The van der Waals surface area contributed by atoms with Gasteiger partial charge >= 0.3 is 5.97 Å². The van der Waals surface area contributed by atoms with E-state index in [-0.39, 0.29) is 11.8 Å². The van der Waals surface area contributed by atoms with Crippen LogP contribution in [-0.4, -0.2) is 38.3 Å². The van der Waals surface area contributed by atoms with Crippen LogP contribution in [0.3, 0.4) is 0 Å². The highest BCUT2D eigenvalue weighted by Gasteiger charge is 2.33. The van der Waals surface area contributed by atoms with Crippen LogP contribution in [0.15, 0.2) is 18.2 Å². The van der Waals surface area contributed by atoms with Crippen LogP contribution in [0.1, 0.15) is 25.7 Å². The van der Waals surface area contributed by atoms with Crippen LogP contribution in [0.2, 0.25) is 0 Å². The van der Waals surface area contributed by atoms with Crippen LogP contribution in [-0.2, 0) is 9.59 Å². The molecule has 2 rings (SSSR count). The van der Waals surface area contributed by atoms with E-state index in [1.165, 1.54) is 7.11 Å².